The Balaban J connectivity index is 1.55. The van der Waals surface area contributed by atoms with Gasteiger partial charge in [-0.05, 0) is 46.7 Å². The molecule has 7 heteroatoms. The Morgan fingerprint density at radius 1 is 1.12 bits per heavy atom. The van der Waals surface area contributed by atoms with Gasteiger partial charge in [-0.25, -0.2) is 4.79 Å². The predicted octanol–water partition coefficient (Wildman–Crippen LogP) is 2.58. The normalized spacial score (nSPS) is 19.9. The molecule has 146 valence electrons. The van der Waals surface area contributed by atoms with E-state index >= 15 is 0 Å². The van der Waals surface area contributed by atoms with Crippen LogP contribution in [0.15, 0.2) is 0 Å². The van der Waals surface area contributed by atoms with E-state index in [0.29, 0.717) is 12.0 Å². The number of nitrogens with zero attached hydrogens (tertiary/aromatic N) is 5. The van der Waals surface area contributed by atoms with Crippen LogP contribution in [0.1, 0.15) is 69.4 Å². The Morgan fingerprint density at radius 2 is 1.81 bits per heavy atom. The smallest absolute Gasteiger partial charge is 0.317 e. The van der Waals surface area contributed by atoms with E-state index in [2.05, 4.69) is 46.0 Å². The Morgan fingerprint density at radius 3 is 2.42 bits per heavy atom. The minimum Gasteiger partial charge on any atom is -0.335 e. The minimum atomic E-state index is 0.126. The number of piperidine rings is 1. The zero-order valence-corrected chi connectivity index (χ0v) is 16.6. The van der Waals surface area contributed by atoms with Gasteiger partial charge in [0.15, 0.2) is 0 Å². The minimum absolute atomic E-state index is 0.126. The molecule has 26 heavy (non-hydrogen) atoms. The van der Waals surface area contributed by atoms with Gasteiger partial charge in [0.05, 0.1) is 6.54 Å². The third-order valence-corrected chi connectivity index (χ3v) is 5.71. The van der Waals surface area contributed by atoms with Gasteiger partial charge in [0.1, 0.15) is 11.6 Å². The van der Waals surface area contributed by atoms with E-state index in [0.717, 1.165) is 63.5 Å². The lowest BCUT2D eigenvalue weighted by molar-refractivity contribution is 0.173. The molecule has 0 radical (unpaired) electrons. The molecule has 0 spiro atoms. The number of hydrogen-bond donors (Lipinski definition) is 1. The highest BCUT2D eigenvalue weighted by Gasteiger charge is 2.29. The van der Waals surface area contributed by atoms with Crippen LogP contribution in [-0.4, -0.2) is 63.8 Å². The summed E-state index contributed by atoms with van der Waals surface area (Å²) in [6.07, 6.45) is 8.01. The van der Waals surface area contributed by atoms with E-state index in [4.69, 9.17) is 0 Å². The molecular weight excluding hydrogens is 328 g/mol. The summed E-state index contributed by atoms with van der Waals surface area (Å²) in [5.74, 6) is 2.53. The highest BCUT2D eigenvalue weighted by molar-refractivity contribution is 5.74. The summed E-state index contributed by atoms with van der Waals surface area (Å²) < 4.78 is 2.25. The van der Waals surface area contributed by atoms with Crippen LogP contribution in [0.5, 0.6) is 0 Å². The maximum atomic E-state index is 12.5. The number of hydrogen-bond acceptors (Lipinski definition) is 4. The Hall–Kier alpha value is -1.63. The van der Waals surface area contributed by atoms with Gasteiger partial charge in [-0.2, -0.15) is 0 Å². The fraction of sp³-hybridized carbons (Fsp3) is 0.842. The summed E-state index contributed by atoms with van der Waals surface area (Å²) in [6, 6.07) is 0.506. The fourth-order valence-corrected chi connectivity index (χ4v) is 4.25. The van der Waals surface area contributed by atoms with Gasteiger partial charge in [-0.1, -0.05) is 19.3 Å². The first kappa shape index (κ1) is 19.1. The molecule has 1 aliphatic carbocycles. The van der Waals surface area contributed by atoms with Crippen LogP contribution in [0.2, 0.25) is 0 Å². The SMILES string of the molecule is CCn1c(CN(C)C)nnc1C1CCN(C(=O)NC2CCCCC2)CC1. The molecule has 1 saturated heterocycles. The molecule has 2 heterocycles. The quantitative estimate of drug-likeness (QED) is 0.874. The van der Waals surface area contributed by atoms with E-state index in [1.807, 2.05) is 4.90 Å². The molecule has 1 aromatic heterocycles. The summed E-state index contributed by atoms with van der Waals surface area (Å²) in [5.41, 5.74) is 0. The zero-order chi connectivity index (χ0) is 18.5. The van der Waals surface area contributed by atoms with Crippen LogP contribution >= 0.6 is 0 Å². The van der Waals surface area contributed by atoms with Crippen LogP contribution in [0.25, 0.3) is 0 Å². The third-order valence-electron chi connectivity index (χ3n) is 5.71. The van der Waals surface area contributed by atoms with Crippen molar-refractivity contribution in [1.29, 1.82) is 0 Å². The monoisotopic (exact) mass is 362 g/mol. The molecule has 2 fully saturated rings. The number of likely N-dealkylation sites (tertiary alicyclic amines) is 1. The Kier molecular flexibility index (Phi) is 6.51. The van der Waals surface area contributed by atoms with E-state index in [9.17, 15) is 4.79 Å². The standard InChI is InChI=1S/C19H34N6O/c1-4-25-17(14-23(2)3)21-22-18(25)15-10-12-24(13-11-15)19(26)20-16-8-6-5-7-9-16/h15-16H,4-14H2,1-3H3,(H,20,26). The average Bonchev–Trinajstić information content (AvgIpc) is 3.04. The van der Waals surface area contributed by atoms with E-state index in [1.165, 1.54) is 19.3 Å². The lowest BCUT2D eigenvalue weighted by Gasteiger charge is -2.33. The number of rotatable bonds is 5. The topological polar surface area (TPSA) is 66.3 Å². The second-order valence-corrected chi connectivity index (χ2v) is 8.00. The molecule has 0 unspecified atom stereocenters. The van der Waals surface area contributed by atoms with Crippen molar-refractivity contribution in [1.82, 2.24) is 29.9 Å². The van der Waals surface area contributed by atoms with Crippen molar-refractivity contribution in [3.8, 4) is 0 Å². The number of urea groups is 1. The number of amides is 2. The van der Waals surface area contributed by atoms with Crippen molar-refractivity contribution in [2.75, 3.05) is 27.2 Å². The van der Waals surface area contributed by atoms with Crippen molar-refractivity contribution in [2.24, 2.45) is 0 Å². The maximum Gasteiger partial charge on any atom is 0.317 e. The van der Waals surface area contributed by atoms with Gasteiger partial charge in [-0.3, -0.25) is 0 Å². The predicted molar refractivity (Wildman–Crippen MR) is 102 cm³/mol. The van der Waals surface area contributed by atoms with Crippen LogP contribution in [0.3, 0.4) is 0 Å². The van der Waals surface area contributed by atoms with Gasteiger partial charge < -0.3 is 19.7 Å². The first-order valence-corrected chi connectivity index (χ1v) is 10.2. The molecule has 0 aromatic carbocycles. The third kappa shape index (κ3) is 4.55. The maximum absolute atomic E-state index is 12.5. The summed E-state index contributed by atoms with van der Waals surface area (Å²) in [4.78, 5) is 16.6. The van der Waals surface area contributed by atoms with Crippen molar-refractivity contribution in [3.05, 3.63) is 11.6 Å². The molecule has 1 saturated carbocycles. The number of aromatic nitrogens is 3. The second kappa shape index (κ2) is 8.84. The van der Waals surface area contributed by atoms with Crippen molar-refractivity contribution in [2.45, 2.75) is 76.9 Å². The molecule has 0 bridgehead atoms. The Labute approximate surface area is 157 Å². The first-order chi connectivity index (χ1) is 12.6. The van der Waals surface area contributed by atoms with Crippen molar-refractivity contribution in [3.63, 3.8) is 0 Å². The van der Waals surface area contributed by atoms with Gasteiger partial charge in [0.2, 0.25) is 0 Å². The average molecular weight is 363 g/mol. The van der Waals surface area contributed by atoms with E-state index < -0.39 is 0 Å². The zero-order valence-electron chi connectivity index (χ0n) is 16.6. The van der Waals surface area contributed by atoms with Crippen LogP contribution in [-0.2, 0) is 13.1 Å². The largest absolute Gasteiger partial charge is 0.335 e. The van der Waals surface area contributed by atoms with Gasteiger partial charge >= 0.3 is 6.03 Å². The molecule has 0 atom stereocenters. The molecule has 2 aliphatic rings. The molecule has 2 amide bonds. The number of carbonyl (C=O) groups excluding carboxylic acids is 1. The van der Waals surface area contributed by atoms with Gasteiger partial charge in [0.25, 0.3) is 0 Å². The Bertz CT molecular complexity index is 585. The number of carbonyl (C=O) groups is 1. The lowest BCUT2D eigenvalue weighted by atomic mass is 9.95. The highest BCUT2D eigenvalue weighted by Crippen LogP contribution is 2.28. The molecule has 1 aliphatic heterocycles. The lowest BCUT2D eigenvalue weighted by Crippen LogP contribution is -2.48. The van der Waals surface area contributed by atoms with E-state index in [1.54, 1.807) is 0 Å². The van der Waals surface area contributed by atoms with Gasteiger partial charge in [-0.15, -0.1) is 10.2 Å². The summed E-state index contributed by atoms with van der Waals surface area (Å²) >= 11 is 0. The molecule has 3 rings (SSSR count). The molecule has 1 aromatic rings. The summed E-state index contributed by atoms with van der Waals surface area (Å²) in [5, 5.41) is 12.1. The molecular formula is C19H34N6O. The fourth-order valence-electron chi connectivity index (χ4n) is 4.25. The van der Waals surface area contributed by atoms with Crippen LogP contribution in [0.4, 0.5) is 4.79 Å². The number of nitrogens with one attached hydrogen (secondary N) is 1. The van der Waals surface area contributed by atoms with E-state index in [-0.39, 0.29) is 6.03 Å². The van der Waals surface area contributed by atoms with Crippen LogP contribution < -0.4 is 5.32 Å². The van der Waals surface area contributed by atoms with Gasteiger partial charge in [0, 0.05) is 31.6 Å². The highest BCUT2D eigenvalue weighted by atomic mass is 16.2. The molecule has 1 N–H and O–H groups in total. The van der Waals surface area contributed by atoms with Crippen molar-refractivity contribution < 1.29 is 4.79 Å². The summed E-state index contributed by atoms with van der Waals surface area (Å²) in [7, 11) is 4.11. The van der Waals surface area contributed by atoms with Crippen molar-refractivity contribution >= 4 is 6.03 Å². The second-order valence-electron chi connectivity index (χ2n) is 8.00. The summed E-state index contributed by atoms with van der Waals surface area (Å²) in [6.45, 7) is 5.47. The van der Waals surface area contributed by atoms with Crippen LogP contribution in [0, 0.1) is 0 Å². The first-order valence-electron chi connectivity index (χ1n) is 10.2. The molecule has 7 nitrogen and oxygen atoms in total.